The van der Waals surface area contributed by atoms with E-state index in [9.17, 15) is 18.0 Å². The number of aromatic nitrogens is 1. The number of aryl methyl sites for hydroxylation is 2. The molecule has 2 aliphatic rings. The molecule has 0 saturated carbocycles. The third-order valence-electron chi connectivity index (χ3n) is 6.68. The van der Waals surface area contributed by atoms with Crippen LogP contribution in [-0.4, -0.2) is 55.7 Å². The number of piperidine rings is 1. The number of nitriles is 1. The molecule has 2 aromatic rings. The van der Waals surface area contributed by atoms with Gasteiger partial charge in [0.25, 0.3) is 5.91 Å². The Balaban J connectivity index is 1.61. The summed E-state index contributed by atoms with van der Waals surface area (Å²) in [6.45, 7) is 6.21. The third kappa shape index (κ3) is 4.32. The van der Waals surface area contributed by atoms with Gasteiger partial charge in [0.15, 0.2) is 0 Å². The van der Waals surface area contributed by atoms with E-state index in [-0.39, 0.29) is 22.8 Å². The number of anilines is 1. The average Bonchev–Trinajstić information content (AvgIpc) is 3.31. The van der Waals surface area contributed by atoms with E-state index >= 15 is 0 Å². The van der Waals surface area contributed by atoms with Crippen LogP contribution < -0.4 is 4.90 Å². The van der Waals surface area contributed by atoms with E-state index < -0.39 is 11.7 Å². The van der Waals surface area contributed by atoms with Gasteiger partial charge < -0.3 is 14.5 Å². The van der Waals surface area contributed by atoms with Crippen molar-refractivity contribution in [3.63, 3.8) is 0 Å². The van der Waals surface area contributed by atoms with Gasteiger partial charge >= 0.3 is 6.18 Å². The molecule has 10 heteroatoms. The van der Waals surface area contributed by atoms with Crippen LogP contribution in [0.4, 0.5) is 18.9 Å². The number of thiazole rings is 1. The van der Waals surface area contributed by atoms with Crippen molar-refractivity contribution < 1.29 is 22.7 Å². The molecule has 0 spiro atoms. The van der Waals surface area contributed by atoms with Crippen molar-refractivity contribution in [3.8, 4) is 6.07 Å². The molecule has 1 aromatic carbocycles. The number of hydrogen-bond donors (Lipinski definition) is 0. The van der Waals surface area contributed by atoms with E-state index in [2.05, 4.69) is 4.98 Å². The normalized spacial score (nSPS) is 22.9. The van der Waals surface area contributed by atoms with Gasteiger partial charge in [0.05, 0.1) is 34.5 Å². The molecule has 2 fully saturated rings. The molecule has 1 aromatic heterocycles. The first-order valence-electron chi connectivity index (χ1n) is 10.7. The van der Waals surface area contributed by atoms with E-state index in [1.165, 1.54) is 17.4 Å². The monoisotopic (exact) mass is 478 g/mol. The molecule has 6 nitrogen and oxygen atoms in total. The van der Waals surface area contributed by atoms with Gasteiger partial charge in [-0.15, -0.1) is 11.3 Å². The molecule has 2 aliphatic heterocycles. The highest BCUT2D eigenvalue weighted by molar-refractivity contribution is 7.13. The molecule has 2 atom stereocenters. The van der Waals surface area contributed by atoms with E-state index in [4.69, 9.17) is 10.00 Å². The second kappa shape index (κ2) is 8.61. The van der Waals surface area contributed by atoms with Crippen molar-refractivity contribution in [1.82, 2.24) is 9.88 Å². The molecule has 1 amide bonds. The summed E-state index contributed by atoms with van der Waals surface area (Å²) in [5, 5.41) is 9.93. The Bertz CT molecular complexity index is 1110. The zero-order valence-electron chi connectivity index (χ0n) is 18.7. The maximum absolute atomic E-state index is 13.5. The number of hydrogen-bond acceptors (Lipinski definition) is 6. The van der Waals surface area contributed by atoms with E-state index in [0.29, 0.717) is 43.4 Å². The quantitative estimate of drug-likeness (QED) is 0.657. The molecule has 0 bridgehead atoms. The van der Waals surface area contributed by atoms with Gasteiger partial charge in [-0.1, -0.05) is 0 Å². The molecule has 0 aliphatic carbocycles. The van der Waals surface area contributed by atoms with Crippen molar-refractivity contribution in [2.45, 2.75) is 26.4 Å². The molecule has 0 radical (unpaired) electrons. The second-order valence-corrected chi connectivity index (χ2v) is 10.1. The number of fused-ring (bicyclic) bond motifs is 1. The lowest BCUT2D eigenvalue weighted by Gasteiger charge is -2.43. The standard InChI is InChI=1S/C23H25F3N4O2S/c1-14-20(33-15(2)28-14)21(31)29-7-6-17-10-30(12-22(17,11-29)13-32-3)18-5-4-16(9-27)19(8-18)23(24,25)26/h4-5,8,17H,6-7,10-13H2,1-3H3. The zero-order chi connectivity index (χ0) is 24.0. The lowest BCUT2D eigenvalue weighted by atomic mass is 9.74. The molecule has 33 heavy (non-hydrogen) atoms. The molecule has 0 N–H and O–H groups in total. The largest absolute Gasteiger partial charge is 0.417 e. The van der Waals surface area contributed by atoms with Crippen LogP contribution in [0.1, 0.15) is 37.9 Å². The summed E-state index contributed by atoms with van der Waals surface area (Å²) in [5.74, 6) is 0.124. The fourth-order valence-electron chi connectivity index (χ4n) is 5.18. The molecule has 3 heterocycles. The fraction of sp³-hybridized carbons (Fsp3) is 0.522. The van der Waals surface area contributed by atoms with Gasteiger partial charge in [0.1, 0.15) is 4.88 Å². The van der Waals surface area contributed by atoms with Crippen molar-refractivity contribution in [2.75, 3.05) is 44.8 Å². The average molecular weight is 479 g/mol. The lowest BCUT2D eigenvalue weighted by molar-refractivity contribution is -0.137. The van der Waals surface area contributed by atoms with Crippen molar-refractivity contribution in [2.24, 2.45) is 11.3 Å². The van der Waals surface area contributed by atoms with Gasteiger partial charge in [-0.2, -0.15) is 18.4 Å². The van der Waals surface area contributed by atoms with Crippen LogP contribution in [-0.2, 0) is 10.9 Å². The highest BCUT2D eigenvalue weighted by Gasteiger charge is 2.51. The highest BCUT2D eigenvalue weighted by Crippen LogP contribution is 2.45. The molecular formula is C23H25F3N4O2S. The molecule has 2 saturated heterocycles. The van der Waals surface area contributed by atoms with E-state index in [0.717, 1.165) is 23.2 Å². The second-order valence-electron chi connectivity index (χ2n) is 8.88. The first-order chi connectivity index (χ1) is 15.6. The summed E-state index contributed by atoms with van der Waals surface area (Å²) >= 11 is 1.38. The summed E-state index contributed by atoms with van der Waals surface area (Å²) in [5.41, 5.74) is -0.552. The fourth-order valence-corrected chi connectivity index (χ4v) is 6.07. The van der Waals surface area contributed by atoms with Crippen LogP contribution in [0.25, 0.3) is 0 Å². The Hall–Kier alpha value is -2.64. The number of alkyl halides is 3. The number of likely N-dealkylation sites (tertiary alicyclic amines) is 1. The van der Waals surface area contributed by atoms with E-state index in [1.54, 1.807) is 19.2 Å². The Morgan fingerprint density at radius 3 is 2.73 bits per heavy atom. The minimum absolute atomic E-state index is 0.0526. The Kier molecular flexibility index (Phi) is 6.14. The number of amides is 1. The summed E-state index contributed by atoms with van der Waals surface area (Å²) in [4.78, 5) is 22.0. The smallest absolute Gasteiger partial charge is 0.384 e. The van der Waals surface area contributed by atoms with Crippen molar-refractivity contribution in [1.29, 1.82) is 5.26 Å². The number of ether oxygens (including phenoxy) is 1. The summed E-state index contributed by atoms with van der Waals surface area (Å²) in [7, 11) is 1.61. The van der Waals surface area contributed by atoms with Crippen LogP contribution in [0.3, 0.4) is 0 Å². The summed E-state index contributed by atoms with van der Waals surface area (Å²) in [6.07, 6.45) is -3.86. The van der Waals surface area contributed by atoms with E-state index in [1.807, 2.05) is 23.6 Å². The zero-order valence-corrected chi connectivity index (χ0v) is 19.5. The predicted octanol–water partition coefficient (Wildman–Crippen LogP) is 4.27. The lowest BCUT2D eigenvalue weighted by Crippen LogP contribution is -2.52. The van der Waals surface area contributed by atoms with Gasteiger partial charge in [0, 0.05) is 44.4 Å². The highest BCUT2D eigenvalue weighted by atomic mass is 32.1. The van der Waals surface area contributed by atoms with Gasteiger partial charge in [0.2, 0.25) is 0 Å². The minimum Gasteiger partial charge on any atom is -0.384 e. The number of methoxy groups -OCH3 is 1. The SMILES string of the molecule is COCC12CN(C(=O)c3sc(C)nc3C)CCC1CN(c1ccc(C#N)c(C(F)(F)F)c1)C2. The maximum atomic E-state index is 13.5. The molecule has 2 unspecified atom stereocenters. The molecule has 176 valence electrons. The number of rotatable bonds is 4. The Morgan fingerprint density at radius 2 is 2.12 bits per heavy atom. The van der Waals surface area contributed by atoms with Crippen molar-refractivity contribution >= 4 is 22.9 Å². The van der Waals surface area contributed by atoms with Crippen LogP contribution in [0, 0.1) is 36.5 Å². The number of carbonyl (C=O) groups is 1. The number of benzene rings is 1. The number of nitrogens with zero attached hydrogens (tertiary/aromatic N) is 4. The Morgan fingerprint density at radius 1 is 1.36 bits per heavy atom. The number of halogens is 3. The third-order valence-corrected chi connectivity index (χ3v) is 7.74. The first kappa shape index (κ1) is 23.5. The predicted molar refractivity (Wildman–Crippen MR) is 118 cm³/mol. The van der Waals surface area contributed by atoms with Gasteiger partial charge in [-0.25, -0.2) is 4.98 Å². The number of carbonyl (C=O) groups excluding carboxylic acids is 1. The summed E-state index contributed by atoms with van der Waals surface area (Å²) in [6, 6.07) is 5.49. The van der Waals surface area contributed by atoms with Gasteiger partial charge in [-0.05, 0) is 44.4 Å². The van der Waals surface area contributed by atoms with Crippen LogP contribution >= 0.6 is 11.3 Å². The van der Waals surface area contributed by atoms with Crippen LogP contribution in [0.15, 0.2) is 18.2 Å². The van der Waals surface area contributed by atoms with Crippen LogP contribution in [0.5, 0.6) is 0 Å². The Labute approximate surface area is 194 Å². The van der Waals surface area contributed by atoms with Gasteiger partial charge in [-0.3, -0.25) is 4.79 Å². The molecular weight excluding hydrogens is 453 g/mol. The first-order valence-corrected chi connectivity index (χ1v) is 11.5. The minimum atomic E-state index is -4.61. The van der Waals surface area contributed by atoms with Crippen LogP contribution in [0.2, 0.25) is 0 Å². The topological polar surface area (TPSA) is 69.5 Å². The maximum Gasteiger partial charge on any atom is 0.417 e. The van der Waals surface area contributed by atoms with Crippen molar-refractivity contribution in [3.05, 3.63) is 44.9 Å². The molecule has 4 rings (SSSR count). The summed E-state index contributed by atoms with van der Waals surface area (Å²) < 4.78 is 46.0.